The fraction of sp³-hybridized carbons (Fsp3) is 0.333. The van der Waals surface area contributed by atoms with Crippen LogP contribution in [-0.4, -0.2) is 56.2 Å². The number of amides is 1. The molecule has 0 spiro atoms. The van der Waals surface area contributed by atoms with Gasteiger partial charge in [0.05, 0.1) is 19.8 Å². The second-order valence-corrected chi connectivity index (χ2v) is 7.50. The van der Waals surface area contributed by atoms with Crippen molar-refractivity contribution in [1.29, 1.82) is 0 Å². The van der Waals surface area contributed by atoms with Crippen molar-refractivity contribution < 1.29 is 9.53 Å². The van der Waals surface area contributed by atoms with Crippen molar-refractivity contribution >= 4 is 33.5 Å². The summed E-state index contributed by atoms with van der Waals surface area (Å²) in [6.45, 7) is 6.79. The predicted octanol–water partition coefficient (Wildman–Crippen LogP) is 3.29. The van der Waals surface area contributed by atoms with Gasteiger partial charge in [0.1, 0.15) is 0 Å². The summed E-state index contributed by atoms with van der Waals surface area (Å²) in [5.74, 6) is 0.264. The number of anilines is 1. The molecule has 1 fully saturated rings. The van der Waals surface area contributed by atoms with Gasteiger partial charge >= 0.3 is 0 Å². The Kier molecular flexibility index (Phi) is 7.59. The average molecular weight is 445 g/mol. The molecule has 1 heterocycles. The van der Waals surface area contributed by atoms with E-state index in [0.717, 1.165) is 48.6 Å². The first-order valence-electron chi connectivity index (χ1n) is 9.36. The normalized spacial score (nSPS) is 15.3. The number of aryl methyl sites for hydroxylation is 1. The van der Waals surface area contributed by atoms with E-state index in [9.17, 15) is 4.79 Å². The Balaban J connectivity index is 1.70. The molecule has 1 aliphatic heterocycles. The Bertz CT molecular complexity index is 820. The zero-order valence-corrected chi connectivity index (χ0v) is 17.5. The van der Waals surface area contributed by atoms with Gasteiger partial charge in [0.25, 0.3) is 5.91 Å². The quantitative estimate of drug-likeness (QED) is 0.548. The smallest absolute Gasteiger partial charge is 0.257 e. The average Bonchev–Trinajstić information content (AvgIpc) is 2.71. The monoisotopic (exact) mass is 444 g/mol. The number of hydrogen-bond donors (Lipinski definition) is 2. The minimum Gasteiger partial charge on any atom is -0.379 e. The maximum absolute atomic E-state index is 12.6. The molecule has 0 bridgehead atoms. The van der Waals surface area contributed by atoms with Crippen molar-refractivity contribution in [2.75, 3.05) is 44.7 Å². The fourth-order valence-corrected chi connectivity index (χ4v) is 3.38. The minimum absolute atomic E-state index is 0.187. The molecule has 1 aliphatic rings. The van der Waals surface area contributed by atoms with Crippen molar-refractivity contribution in [1.82, 2.24) is 10.2 Å². The van der Waals surface area contributed by atoms with Crippen LogP contribution in [0.3, 0.4) is 0 Å². The third-order valence-electron chi connectivity index (χ3n) is 4.50. The van der Waals surface area contributed by atoms with Crippen LogP contribution in [-0.2, 0) is 4.74 Å². The van der Waals surface area contributed by atoms with Crippen LogP contribution in [0.1, 0.15) is 15.9 Å². The summed E-state index contributed by atoms with van der Waals surface area (Å²) >= 11 is 3.48. The van der Waals surface area contributed by atoms with E-state index in [1.807, 2.05) is 43.3 Å². The first kappa shape index (κ1) is 20.5. The molecular weight excluding hydrogens is 420 g/mol. The van der Waals surface area contributed by atoms with Crippen LogP contribution < -0.4 is 10.6 Å². The number of carbonyl (C=O) groups excluding carboxylic acids is 1. The number of nitrogens with zero attached hydrogens (tertiary/aromatic N) is 2. The first-order chi connectivity index (χ1) is 13.6. The highest BCUT2D eigenvalue weighted by atomic mass is 79.9. The molecule has 1 amide bonds. The van der Waals surface area contributed by atoms with E-state index in [-0.39, 0.29) is 5.91 Å². The molecule has 3 rings (SSSR count). The molecule has 0 saturated carbocycles. The molecule has 1 saturated heterocycles. The lowest BCUT2D eigenvalue weighted by Crippen LogP contribution is -2.39. The molecule has 2 aromatic carbocycles. The number of hydrogen-bond acceptors (Lipinski definition) is 4. The Morgan fingerprint density at radius 2 is 1.93 bits per heavy atom. The number of halogens is 1. The second-order valence-electron chi connectivity index (χ2n) is 6.59. The second kappa shape index (κ2) is 10.4. The topological polar surface area (TPSA) is 66.0 Å². The lowest BCUT2D eigenvalue weighted by molar-refractivity contribution is 0.0394. The predicted molar refractivity (Wildman–Crippen MR) is 116 cm³/mol. The van der Waals surface area contributed by atoms with E-state index in [2.05, 4.69) is 36.5 Å². The van der Waals surface area contributed by atoms with Crippen LogP contribution in [0.5, 0.6) is 0 Å². The number of guanidine groups is 1. The van der Waals surface area contributed by atoms with Gasteiger partial charge in [-0.05, 0) is 42.8 Å². The third-order valence-corrected chi connectivity index (χ3v) is 4.99. The fourth-order valence-electron chi connectivity index (χ4n) is 2.90. The third kappa shape index (κ3) is 6.15. The first-order valence-corrected chi connectivity index (χ1v) is 10.2. The van der Waals surface area contributed by atoms with Crippen LogP contribution in [0, 0.1) is 6.92 Å². The van der Waals surface area contributed by atoms with Crippen LogP contribution >= 0.6 is 15.9 Å². The van der Waals surface area contributed by atoms with Crippen molar-refractivity contribution in [2.45, 2.75) is 6.92 Å². The number of carbonyl (C=O) groups is 1. The molecule has 0 aromatic heterocycles. The molecular formula is C21H25BrN4O2. The van der Waals surface area contributed by atoms with E-state index < -0.39 is 0 Å². The minimum atomic E-state index is -0.187. The van der Waals surface area contributed by atoms with Gasteiger partial charge in [0.2, 0.25) is 5.96 Å². The molecule has 7 heteroatoms. The van der Waals surface area contributed by atoms with Gasteiger partial charge in [0, 0.05) is 35.4 Å². The molecule has 2 N–H and O–H groups in total. The van der Waals surface area contributed by atoms with Crippen molar-refractivity contribution in [2.24, 2.45) is 4.99 Å². The number of nitrogens with one attached hydrogen (secondary N) is 2. The summed E-state index contributed by atoms with van der Waals surface area (Å²) in [6, 6.07) is 15.1. The van der Waals surface area contributed by atoms with Gasteiger partial charge in [-0.1, -0.05) is 34.1 Å². The van der Waals surface area contributed by atoms with Gasteiger partial charge in [-0.25, -0.2) is 0 Å². The summed E-state index contributed by atoms with van der Waals surface area (Å²) in [4.78, 5) is 19.5. The largest absolute Gasteiger partial charge is 0.379 e. The van der Waals surface area contributed by atoms with Crippen molar-refractivity contribution in [3.05, 3.63) is 64.1 Å². The summed E-state index contributed by atoms with van der Waals surface area (Å²) in [5.41, 5.74) is 2.56. The van der Waals surface area contributed by atoms with Gasteiger partial charge in [-0.2, -0.15) is 0 Å². The van der Waals surface area contributed by atoms with Crippen molar-refractivity contribution in [3.63, 3.8) is 0 Å². The Labute approximate surface area is 174 Å². The van der Waals surface area contributed by atoms with E-state index in [1.54, 1.807) is 12.1 Å². The number of ether oxygens (including phenoxy) is 1. The van der Waals surface area contributed by atoms with E-state index in [0.29, 0.717) is 18.1 Å². The summed E-state index contributed by atoms with van der Waals surface area (Å²) in [7, 11) is 0. The summed E-state index contributed by atoms with van der Waals surface area (Å²) in [5, 5.41) is 6.17. The molecule has 6 nitrogen and oxygen atoms in total. The van der Waals surface area contributed by atoms with Gasteiger partial charge in [0.15, 0.2) is 0 Å². The Morgan fingerprint density at radius 1 is 1.18 bits per heavy atom. The summed E-state index contributed by atoms with van der Waals surface area (Å²) in [6.07, 6.45) is 0. The Morgan fingerprint density at radius 3 is 2.64 bits per heavy atom. The molecule has 148 valence electrons. The molecule has 28 heavy (non-hydrogen) atoms. The lowest BCUT2D eigenvalue weighted by Gasteiger charge is -2.25. The standard InChI is InChI=1S/C21H25BrN4O2/c1-16-15-18(22)7-8-19(16)24-21(23-9-10-26-11-13-28-14-12-26)25-20(27)17-5-3-2-4-6-17/h2-8,15H,9-14H2,1H3,(H2,23,24,25,27). The molecule has 0 aliphatic carbocycles. The van der Waals surface area contributed by atoms with Crippen LogP contribution in [0.4, 0.5) is 5.69 Å². The van der Waals surface area contributed by atoms with Crippen LogP contribution in [0.2, 0.25) is 0 Å². The zero-order valence-electron chi connectivity index (χ0n) is 16.0. The van der Waals surface area contributed by atoms with Gasteiger partial charge < -0.3 is 10.1 Å². The lowest BCUT2D eigenvalue weighted by atomic mass is 10.2. The summed E-state index contributed by atoms with van der Waals surface area (Å²) < 4.78 is 6.39. The SMILES string of the molecule is Cc1cc(Br)ccc1NC(=NCCN1CCOCC1)NC(=O)c1ccccc1. The molecule has 0 atom stereocenters. The van der Waals surface area contributed by atoms with Gasteiger partial charge in [-0.3, -0.25) is 20.0 Å². The van der Waals surface area contributed by atoms with Crippen molar-refractivity contribution in [3.8, 4) is 0 Å². The molecule has 0 unspecified atom stereocenters. The molecule has 2 aromatic rings. The number of rotatable bonds is 5. The van der Waals surface area contributed by atoms with Gasteiger partial charge in [-0.15, -0.1) is 0 Å². The molecule has 0 radical (unpaired) electrons. The highest BCUT2D eigenvalue weighted by Crippen LogP contribution is 2.20. The highest BCUT2D eigenvalue weighted by Gasteiger charge is 2.12. The maximum Gasteiger partial charge on any atom is 0.257 e. The number of benzene rings is 2. The van der Waals surface area contributed by atoms with Crippen LogP contribution in [0.25, 0.3) is 0 Å². The zero-order chi connectivity index (χ0) is 19.8. The van der Waals surface area contributed by atoms with E-state index in [4.69, 9.17) is 4.74 Å². The van der Waals surface area contributed by atoms with E-state index in [1.165, 1.54) is 0 Å². The number of morpholine rings is 1. The Hall–Kier alpha value is -2.22. The maximum atomic E-state index is 12.6. The highest BCUT2D eigenvalue weighted by molar-refractivity contribution is 9.10. The van der Waals surface area contributed by atoms with Crippen LogP contribution in [0.15, 0.2) is 58.0 Å². The number of aliphatic imine (C=N–C) groups is 1. The van der Waals surface area contributed by atoms with E-state index >= 15 is 0 Å².